The van der Waals surface area contributed by atoms with Gasteiger partial charge in [0, 0.05) is 27.2 Å². The van der Waals surface area contributed by atoms with Gasteiger partial charge >= 0.3 is 0 Å². The predicted octanol–water partition coefficient (Wildman–Crippen LogP) is 3.97. The van der Waals surface area contributed by atoms with Gasteiger partial charge in [0.25, 0.3) is 0 Å². The highest BCUT2D eigenvalue weighted by molar-refractivity contribution is 14.0. The van der Waals surface area contributed by atoms with Crippen molar-refractivity contribution in [1.82, 2.24) is 10.6 Å². The van der Waals surface area contributed by atoms with Gasteiger partial charge in [0.15, 0.2) is 5.96 Å². The van der Waals surface area contributed by atoms with Crippen molar-refractivity contribution in [1.29, 1.82) is 0 Å². The van der Waals surface area contributed by atoms with Crippen molar-refractivity contribution in [3.05, 3.63) is 65.7 Å². The van der Waals surface area contributed by atoms with Crippen molar-refractivity contribution in [2.45, 2.75) is 32.6 Å². The second-order valence-corrected chi connectivity index (χ2v) is 6.66. The average Bonchev–Trinajstić information content (AvgIpc) is 2.68. The smallest absolute Gasteiger partial charge is 0.191 e. The van der Waals surface area contributed by atoms with Crippen molar-refractivity contribution in [3.8, 4) is 5.75 Å². The van der Waals surface area contributed by atoms with Gasteiger partial charge in [0.2, 0.25) is 0 Å². The monoisotopic (exact) mass is 483 g/mol. The van der Waals surface area contributed by atoms with Gasteiger partial charge in [-0.1, -0.05) is 42.5 Å². The Morgan fingerprint density at radius 1 is 0.963 bits per heavy atom. The van der Waals surface area contributed by atoms with E-state index in [-0.39, 0.29) is 29.6 Å². The lowest BCUT2D eigenvalue weighted by atomic mass is 10.1. The van der Waals surface area contributed by atoms with Gasteiger partial charge in [-0.2, -0.15) is 0 Å². The first kappa shape index (κ1) is 23.2. The summed E-state index contributed by atoms with van der Waals surface area (Å²) in [7, 11) is 3.47. The molecule has 0 saturated heterocycles. The number of benzene rings is 2. The van der Waals surface area contributed by atoms with E-state index in [9.17, 15) is 0 Å². The predicted molar refractivity (Wildman–Crippen MR) is 122 cm³/mol. The Hall–Kier alpha value is -1.80. The van der Waals surface area contributed by atoms with Crippen molar-refractivity contribution < 1.29 is 9.47 Å². The van der Waals surface area contributed by atoms with Gasteiger partial charge in [-0.3, -0.25) is 4.99 Å². The number of halogens is 1. The third kappa shape index (κ3) is 8.62. The third-order valence-electron chi connectivity index (χ3n) is 4.09. The van der Waals surface area contributed by atoms with Crippen molar-refractivity contribution in [2.75, 3.05) is 20.7 Å². The van der Waals surface area contributed by atoms with Crippen LogP contribution in [0.2, 0.25) is 0 Å². The molecule has 2 aromatic rings. The summed E-state index contributed by atoms with van der Waals surface area (Å²) in [4.78, 5) is 4.24. The fourth-order valence-electron chi connectivity index (χ4n) is 2.22. The van der Waals surface area contributed by atoms with Crippen LogP contribution in [0.4, 0.5) is 0 Å². The Balaban J connectivity index is 0.00000364. The van der Waals surface area contributed by atoms with E-state index in [4.69, 9.17) is 9.47 Å². The van der Waals surface area contributed by atoms with E-state index in [1.54, 1.807) is 14.2 Å². The summed E-state index contributed by atoms with van der Waals surface area (Å²) >= 11 is 0. The lowest BCUT2D eigenvalue weighted by Crippen LogP contribution is -2.45. The van der Waals surface area contributed by atoms with Crippen LogP contribution in [-0.2, 0) is 17.9 Å². The Labute approximate surface area is 179 Å². The normalized spacial score (nSPS) is 11.5. The minimum atomic E-state index is -0.241. The maximum atomic E-state index is 5.81. The molecule has 27 heavy (non-hydrogen) atoms. The molecule has 0 bridgehead atoms. The summed E-state index contributed by atoms with van der Waals surface area (Å²) in [6.07, 6.45) is 0. The second kappa shape index (κ2) is 11.8. The van der Waals surface area contributed by atoms with Crippen LogP contribution in [0.15, 0.2) is 59.6 Å². The summed E-state index contributed by atoms with van der Waals surface area (Å²) in [5.41, 5.74) is 2.08. The number of ether oxygens (including phenoxy) is 2. The molecule has 2 aromatic carbocycles. The standard InChI is InChI=1S/C21H29N3O2.HI/c1-21(2,25-4)16-24-20(22-3)23-14-17-10-12-19(13-11-17)26-15-18-8-6-5-7-9-18;/h5-13H,14-16H2,1-4H3,(H2,22,23,24);1H. The second-order valence-electron chi connectivity index (χ2n) is 6.66. The molecule has 0 aliphatic heterocycles. The largest absolute Gasteiger partial charge is 0.489 e. The number of methoxy groups -OCH3 is 1. The maximum Gasteiger partial charge on any atom is 0.191 e. The van der Waals surface area contributed by atoms with Crippen LogP contribution in [0.5, 0.6) is 5.75 Å². The molecule has 0 atom stereocenters. The van der Waals surface area contributed by atoms with Gasteiger partial charge in [0.05, 0.1) is 5.60 Å². The first-order valence-corrected chi connectivity index (χ1v) is 8.78. The topological polar surface area (TPSA) is 54.9 Å². The summed E-state index contributed by atoms with van der Waals surface area (Å²) in [6.45, 7) is 5.99. The van der Waals surface area contributed by atoms with Crippen LogP contribution >= 0.6 is 24.0 Å². The van der Waals surface area contributed by atoms with Gasteiger partial charge in [-0.15, -0.1) is 24.0 Å². The summed E-state index contributed by atoms with van der Waals surface area (Å²) in [5, 5.41) is 6.57. The van der Waals surface area contributed by atoms with Gasteiger partial charge in [-0.05, 0) is 37.1 Å². The fraction of sp³-hybridized carbons (Fsp3) is 0.381. The number of aliphatic imine (C=N–C) groups is 1. The molecule has 0 spiro atoms. The summed E-state index contributed by atoms with van der Waals surface area (Å²) < 4.78 is 11.2. The first-order chi connectivity index (χ1) is 12.5. The summed E-state index contributed by atoms with van der Waals surface area (Å²) in [5.74, 6) is 1.61. The molecule has 0 amide bonds. The van der Waals surface area contributed by atoms with E-state index < -0.39 is 0 Å². The Bertz CT molecular complexity index is 688. The molecule has 0 aliphatic rings. The Kier molecular flexibility index (Phi) is 10.2. The first-order valence-electron chi connectivity index (χ1n) is 8.78. The Morgan fingerprint density at radius 3 is 2.22 bits per heavy atom. The van der Waals surface area contributed by atoms with Gasteiger partial charge < -0.3 is 20.1 Å². The molecule has 2 N–H and O–H groups in total. The van der Waals surface area contributed by atoms with Crippen LogP contribution in [0.1, 0.15) is 25.0 Å². The highest BCUT2D eigenvalue weighted by Crippen LogP contribution is 2.14. The SMILES string of the molecule is CN=C(NCc1ccc(OCc2ccccc2)cc1)NCC(C)(C)OC.I. The van der Waals surface area contributed by atoms with Crippen LogP contribution in [0.25, 0.3) is 0 Å². The molecule has 5 nitrogen and oxygen atoms in total. The molecule has 0 fully saturated rings. The lowest BCUT2D eigenvalue weighted by Gasteiger charge is -2.24. The van der Waals surface area contributed by atoms with E-state index in [1.165, 1.54) is 0 Å². The number of hydrogen-bond acceptors (Lipinski definition) is 3. The number of hydrogen-bond donors (Lipinski definition) is 2. The van der Waals surface area contributed by atoms with Crippen LogP contribution in [-0.4, -0.2) is 32.3 Å². The van der Waals surface area contributed by atoms with E-state index >= 15 is 0 Å². The molecular weight excluding hydrogens is 453 g/mol. The van der Waals surface area contributed by atoms with Gasteiger partial charge in [-0.25, -0.2) is 0 Å². The molecule has 0 saturated carbocycles. The molecule has 0 unspecified atom stereocenters. The van der Waals surface area contributed by atoms with Crippen molar-refractivity contribution >= 4 is 29.9 Å². The maximum absolute atomic E-state index is 5.81. The summed E-state index contributed by atoms with van der Waals surface area (Å²) in [6, 6.07) is 18.2. The molecule has 0 aliphatic carbocycles. The molecule has 2 rings (SSSR count). The van der Waals surface area contributed by atoms with Crippen LogP contribution in [0.3, 0.4) is 0 Å². The molecule has 0 radical (unpaired) electrons. The van der Waals surface area contributed by atoms with Crippen molar-refractivity contribution in [3.63, 3.8) is 0 Å². The van der Waals surface area contributed by atoms with Crippen LogP contribution < -0.4 is 15.4 Å². The minimum absolute atomic E-state index is 0. The van der Waals surface area contributed by atoms with E-state index in [1.807, 2.05) is 44.2 Å². The molecule has 6 heteroatoms. The van der Waals surface area contributed by atoms with E-state index in [2.05, 4.69) is 39.9 Å². The number of rotatable bonds is 8. The van der Waals surface area contributed by atoms with Crippen LogP contribution in [0, 0.1) is 0 Å². The average molecular weight is 483 g/mol. The molecular formula is C21H30IN3O2. The zero-order valence-electron chi connectivity index (χ0n) is 16.5. The Morgan fingerprint density at radius 2 is 1.63 bits per heavy atom. The van der Waals surface area contributed by atoms with E-state index in [0.717, 1.165) is 22.8 Å². The number of nitrogens with zero attached hydrogens (tertiary/aromatic N) is 1. The third-order valence-corrected chi connectivity index (χ3v) is 4.09. The lowest BCUT2D eigenvalue weighted by molar-refractivity contribution is 0.0268. The number of nitrogens with one attached hydrogen (secondary N) is 2. The zero-order valence-corrected chi connectivity index (χ0v) is 18.8. The highest BCUT2D eigenvalue weighted by Gasteiger charge is 2.16. The minimum Gasteiger partial charge on any atom is -0.489 e. The van der Waals surface area contributed by atoms with E-state index in [0.29, 0.717) is 19.7 Å². The molecule has 148 valence electrons. The molecule has 0 aromatic heterocycles. The fourth-order valence-corrected chi connectivity index (χ4v) is 2.22. The molecule has 0 heterocycles. The number of guanidine groups is 1. The highest BCUT2D eigenvalue weighted by atomic mass is 127. The zero-order chi connectivity index (χ0) is 18.8. The van der Waals surface area contributed by atoms with Crippen molar-refractivity contribution in [2.24, 2.45) is 4.99 Å². The quantitative estimate of drug-likeness (QED) is 0.339. The van der Waals surface area contributed by atoms with Gasteiger partial charge in [0.1, 0.15) is 12.4 Å².